The van der Waals surface area contributed by atoms with Crippen LogP contribution in [0.2, 0.25) is 0 Å². The van der Waals surface area contributed by atoms with Crippen LogP contribution in [0.15, 0.2) is 48.6 Å². The smallest absolute Gasteiger partial charge is 0.166 e. The summed E-state index contributed by atoms with van der Waals surface area (Å²) >= 11 is 0. The van der Waals surface area contributed by atoms with Gasteiger partial charge in [-0.25, -0.2) is 0 Å². The quantitative estimate of drug-likeness (QED) is 0.398. The van der Waals surface area contributed by atoms with E-state index in [1.165, 1.54) is 40.6 Å². The summed E-state index contributed by atoms with van der Waals surface area (Å²) in [5.41, 5.74) is 1.43. The Morgan fingerprint density at radius 1 is 0.750 bits per heavy atom. The third-order valence-electron chi connectivity index (χ3n) is 4.80. The molecule has 0 spiro atoms. The predicted molar refractivity (Wildman–Crippen MR) is 122 cm³/mol. The molecule has 2 rings (SSSR count). The molecular weight excluding hydrogens is 412 g/mol. The molecule has 1 N–H and O–H groups in total. The number of benzene rings is 2. The SMILES string of the molecule is COc1ccc(C=CC(=O)C(CCO)C(=O)C=Cc2ccc(OC)c(OC)c2)cc1OC. The van der Waals surface area contributed by atoms with Crippen molar-refractivity contribution in [2.24, 2.45) is 5.92 Å². The molecule has 170 valence electrons. The molecule has 0 fully saturated rings. The summed E-state index contributed by atoms with van der Waals surface area (Å²) in [5, 5.41) is 9.34. The van der Waals surface area contributed by atoms with Crippen molar-refractivity contribution >= 4 is 23.7 Å². The second-order valence-corrected chi connectivity index (χ2v) is 6.77. The number of ketones is 2. The molecule has 0 amide bonds. The topological polar surface area (TPSA) is 91.3 Å². The molecule has 2 aromatic carbocycles. The summed E-state index contributed by atoms with van der Waals surface area (Å²) in [7, 11) is 6.13. The molecule has 2 aromatic rings. The largest absolute Gasteiger partial charge is 0.493 e. The zero-order chi connectivity index (χ0) is 23.5. The molecule has 0 saturated carbocycles. The average molecular weight is 440 g/mol. The molecule has 0 aromatic heterocycles. The van der Waals surface area contributed by atoms with Crippen molar-refractivity contribution in [2.45, 2.75) is 6.42 Å². The molecule has 0 aliphatic carbocycles. The lowest BCUT2D eigenvalue weighted by Gasteiger charge is -2.10. The van der Waals surface area contributed by atoms with Crippen molar-refractivity contribution < 1.29 is 33.6 Å². The van der Waals surface area contributed by atoms with E-state index in [0.29, 0.717) is 34.1 Å². The van der Waals surface area contributed by atoms with Crippen molar-refractivity contribution in [1.82, 2.24) is 0 Å². The van der Waals surface area contributed by atoms with Gasteiger partial charge in [-0.15, -0.1) is 0 Å². The Bertz CT molecular complexity index is 914. The van der Waals surface area contributed by atoms with E-state index in [4.69, 9.17) is 18.9 Å². The van der Waals surface area contributed by atoms with Crippen LogP contribution in [-0.2, 0) is 9.59 Å². The van der Waals surface area contributed by atoms with E-state index in [1.54, 1.807) is 48.6 Å². The van der Waals surface area contributed by atoms with Gasteiger partial charge in [-0.1, -0.05) is 24.3 Å². The van der Waals surface area contributed by atoms with Crippen molar-refractivity contribution in [3.05, 3.63) is 59.7 Å². The average Bonchev–Trinajstić information content (AvgIpc) is 2.83. The Labute approximate surface area is 187 Å². The van der Waals surface area contributed by atoms with Crippen LogP contribution in [0.1, 0.15) is 17.5 Å². The standard InChI is InChI=1S/C25H28O7/c1-29-22-11-7-17(15-24(22)31-3)5-9-20(27)19(13-14-26)21(28)10-6-18-8-12-23(30-2)25(16-18)32-4/h5-12,15-16,19,26H,13-14H2,1-4H3. The summed E-state index contributed by atoms with van der Waals surface area (Å²) in [6, 6.07) is 10.4. The van der Waals surface area contributed by atoms with Crippen molar-refractivity contribution in [2.75, 3.05) is 35.0 Å². The van der Waals surface area contributed by atoms with E-state index >= 15 is 0 Å². The first kappa shape index (κ1) is 24.7. The van der Waals surface area contributed by atoms with Gasteiger partial charge in [0.15, 0.2) is 34.6 Å². The van der Waals surface area contributed by atoms with Gasteiger partial charge in [-0.05, 0) is 54.0 Å². The highest BCUT2D eigenvalue weighted by atomic mass is 16.5. The van der Waals surface area contributed by atoms with E-state index in [-0.39, 0.29) is 13.0 Å². The minimum absolute atomic E-state index is 0.0320. The molecule has 7 nitrogen and oxygen atoms in total. The number of rotatable bonds is 12. The number of hydrogen-bond acceptors (Lipinski definition) is 7. The van der Waals surface area contributed by atoms with Crippen LogP contribution in [0.3, 0.4) is 0 Å². The molecule has 0 heterocycles. The Balaban J connectivity index is 2.16. The summed E-state index contributed by atoms with van der Waals surface area (Å²) in [6.45, 7) is -0.281. The number of hydrogen-bond donors (Lipinski definition) is 1. The van der Waals surface area contributed by atoms with E-state index in [9.17, 15) is 14.7 Å². The molecule has 0 unspecified atom stereocenters. The molecule has 0 atom stereocenters. The lowest BCUT2D eigenvalue weighted by atomic mass is 9.94. The van der Waals surface area contributed by atoms with Crippen molar-refractivity contribution in [1.29, 1.82) is 0 Å². The van der Waals surface area contributed by atoms with Crippen LogP contribution in [0.25, 0.3) is 12.2 Å². The lowest BCUT2D eigenvalue weighted by Crippen LogP contribution is -2.22. The number of aliphatic hydroxyl groups is 1. The predicted octanol–water partition coefficient (Wildman–Crippen LogP) is 3.58. The monoisotopic (exact) mass is 440 g/mol. The number of ether oxygens (including phenoxy) is 4. The second kappa shape index (κ2) is 12.3. The Hall–Kier alpha value is -3.58. The van der Waals surface area contributed by atoms with Crippen LogP contribution in [0.4, 0.5) is 0 Å². The minimum atomic E-state index is -0.979. The van der Waals surface area contributed by atoms with Crippen LogP contribution in [0, 0.1) is 5.92 Å². The molecule has 7 heteroatoms. The first-order valence-corrected chi connectivity index (χ1v) is 9.96. The molecular formula is C25H28O7. The summed E-state index contributed by atoms with van der Waals surface area (Å²) in [6.07, 6.45) is 5.90. The van der Waals surface area contributed by atoms with E-state index in [2.05, 4.69) is 0 Å². The highest BCUT2D eigenvalue weighted by Gasteiger charge is 2.22. The molecule has 0 aliphatic rings. The number of carbonyl (C=O) groups is 2. The van der Waals surface area contributed by atoms with Gasteiger partial charge in [0.05, 0.1) is 34.4 Å². The van der Waals surface area contributed by atoms with Gasteiger partial charge in [-0.3, -0.25) is 9.59 Å². The molecule has 0 aliphatic heterocycles. The number of allylic oxidation sites excluding steroid dienone is 2. The molecule has 0 radical (unpaired) electrons. The van der Waals surface area contributed by atoms with Gasteiger partial charge in [-0.2, -0.15) is 0 Å². The highest BCUT2D eigenvalue weighted by Crippen LogP contribution is 2.29. The first-order valence-electron chi connectivity index (χ1n) is 9.96. The van der Waals surface area contributed by atoms with Gasteiger partial charge < -0.3 is 24.1 Å². The second-order valence-electron chi connectivity index (χ2n) is 6.77. The van der Waals surface area contributed by atoms with Gasteiger partial charge in [0.2, 0.25) is 0 Å². The third kappa shape index (κ3) is 6.46. The van der Waals surface area contributed by atoms with Crippen LogP contribution in [-0.4, -0.2) is 51.7 Å². The van der Waals surface area contributed by atoms with E-state index < -0.39 is 17.5 Å². The number of carbonyl (C=O) groups excluding carboxylic acids is 2. The van der Waals surface area contributed by atoms with Gasteiger partial charge in [0, 0.05) is 6.61 Å². The van der Waals surface area contributed by atoms with Gasteiger partial charge in [0.25, 0.3) is 0 Å². The summed E-state index contributed by atoms with van der Waals surface area (Å²) in [5.74, 6) is 0.444. The fourth-order valence-electron chi connectivity index (χ4n) is 3.06. The molecule has 0 bridgehead atoms. The van der Waals surface area contributed by atoms with Gasteiger partial charge >= 0.3 is 0 Å². The zero-order valence-corrected chi connectivity index (χ0v) is 18.7. The maximum Gasteiger partial charge on any atom is 0.166 e. The summed E-state index contributed by atoms with van der Waals surface area (Å²) in [4.78, 5) is 25.4. The van der Waals surface area contributed by atoms with Crippen molar-refractivity contribution in [3.8, 4) is 23.0 Å². The fourth-order valence-corrected chi connectivity index (χ4v) is 3.06. The van der Waals surface area contributed by atoms with Crippen LogP contribution < -0.4 is 18.9 Å². The van der Waals surface area contributed by atoms with Crippen molar-refractivity contribution in [3.63, 3.8) is 0 Å². The lowest BCUT2D eigenvalue weighted by molar-refractivity contribution is -0.128. The Morgan fingerprint density at radius 3 is 1.50 bits per heavy atom. The van der Waals surface area contributed by atoms with Gasteiger partial charge in [0.1, 0.15) is 0 Å². The summed E-state index contributed by atoms with van der Waals surface area (Å²) < 4.78 is 20.9. The Kier molecular flexibility index (Phi) is 9.50. The number of aliphatic hydroxyl groups excluding tert-OH is 1. The fraction of sp³-hybridized carbons (Fsp3) is 0.280. The Morgan fingerprint density at radius 2 is 1.16 bits per heavy atom. The maximum absolute atomic E-state index is 12.7. The normalized spacial score (nSPS) is 12.0. The van der Waals surface area contributed by atoms with E-state index in [0.717, 1.165) is 0 Å². The maximum atomic E-state index is 12.7. The zero-order valence-electron chi connectivity index (χ0n) is 18.7. The molecule has 0 saturated heterocycles. The highest BCUT2D eigenvalue weighted by molar-refractivity contribution is 6.13. The van der Waals surface area contributed by atoms with E-state index in [1.807, 2.05) is 0 Å². The number of methoxy groups -OCH3 is 4. The minimum Gasteiger partial charge on any atom is -0.493 e. The first-order chi connectivity index (χ1) is 15.5. The van der Waals surface area contributed by atoms with Crippen LogP contribution in [0.5, 0.6) is 23.0 Å². The third-order valence-corrected chi connectivity index (χ3v) is 4.80. The molecule has 32 heavy (non-hydrogen) atoms. The van der Waals surface area contributed by atoms with Crippen LogP contribution >= 0.6 is 0 Å².